The number of hydrogen-bond acceptors (Lipinski definition) is 5. The third-order valence-corrected chi connectivity index (χ3v) is 6.54. The van der Waals surface area contributed by atoms with Gasteiger partial charge in [-0.2, -0.15) is 5.10 Å². The van der Waals surface area contributed by atoms with Gasteiger partial charge in [-0.1, -0.05) is 13.8 Å². The van der Waals surface area contributed by atoms with E-state index in [1.54, 1.807) is 7.11 Å². The van der Waals surface area contributed by atoms with Gasteiger partial charge in [-0.15, -0.1) is 0 Å². The molecule has 8 heteroatoms. The number of carbonyl (C=O) groups is 1. The van der Waals surface area contributed by atoms with Crippen molar-refractivity contribution in [2.24, 2.45) is 18.9 Å². The minimum absolute atomic E-state index is 0.0917. The first kappa shape index (κ1) is 22.5. The average Bonchev–Trinajstić information content (AvgIpc) is 3.02. The second-order valence-electron chi connectivity index (χ2n) is 8.47. The van der Waals surface area contributed by atoms with Gasteiger partial charge in [0.2, 0.25) is 5.91 Å². The number of nitrogens with zero attached hydrogens (tertiary/aromatic N) is 4. The number of hydrogen-bond donors (Lipinski definition) is 1. The molecular formula is C22H33N5O2S. The first-order chi connectivity index (χ1) is 14.3. The summed E-state index contributed by atoms with van der Waals surface area (Å²) in [6.07, 6.45) is 1.73. The van der Waals surface area contributed by atoms with Crippen molar-refractivity contribution in [1.29, 1.82) is 0 Å². The van der Waals surface area contributed by atoms with E-state index in [0.29, 0.717) is 17.4 Å². The van der Waals surface area contributed by atoms with Crippen LogP contribution in [-0.2, 0) is 18.5 Å². The van der Waals surface area contributed by atoms with E-state index in [0.717, 1.165) is 43.1 Å². The van der Waals surface area contributed by atoms with Crippen LogP contribution >= 0.6 is 12.2 Å². The lowest BCUT2D eigenvalue weighted by atomic mass is 9.95. The van der Waals surface area contributed by atoms with Crippen molar-refractivity contribution in [3.63, 3.8) is 0 Å². The molecule has 0 bridgehead atoms. The second-order valence-corrected chi connectivity index (χ2v) is 8.83. The third kappa shape index (κ3) is 5.10. The van der Waals surface area contributed by atoms with Gasteiger partial charge in [0.15, 0.2) is 10.6 Å². The first-order valence-electron chi connectivity index (χ1n) is 10.6. The number of benzene rings is 1. The molecule has 1 aromatic heterocycles. The van der Waals surface area contributed by atoms with Gasteiger partial charge < -0.3 is 14.6 Å². The number of methoxy groups -OCH3 is 1. The van der Waals surface area contributed by atoms with Crippen LogP contribution in [0.4, 0.5) is 0 Å². The minimum atomic E-state index is 0.0917. The Balaban J connectivity index is 1.61. The molecule has 1 atom stereocenters. The summed E-state index contributed by atoms with van der Waals surface area (Å²) in [6.45, 7) is 8.70. The number of ether oxygens (including phenoxy) is 1. The van der Waals surface area contributed by atoms with E-state index in [2.05, 4.69) is 31.0 Å². The molecule has 2 aromatic rings. The maximum atomic E-state index is 12.5. The first-order valence-corrected chi connectivity index (χ1v) is 11.0. The molecule has 1 N–H and O–H groups in total. The molecule has 1 aliphatic rings. The van der Waals surface area contributed by atoms with Crippen LogP contribution in [0.15, 0.2) is 24.3 Å². The monoisotopic (exact) mass is 431 g/mol. The normalized spacial score (nSPS) is 16.6. The average molecular weight is 432 g/mol. The molecule has 1 fully saturated rings. The Morgan fingerprint density at radius 2 is 1.87 bits per heavy atom. The fourth-order valence-corrected chi connectivity index (χ4v) is 3.79. The van der Waals surface area contributed by atoms with Gasteiger partial charge in [-0.25, -0.2) is 4.68 Å². The highest BCUT2D eigenvalue weighted by atomic mass is 32.1. The maximum absolute atomic E-state index is 12.5. The van der Waals surface area contributed by atoms with Crippen molar-refractivity contribution in [2.45, 2.75) is 46.3 Å². The Hall–Kier alpha value is -2.19. The number of aromatic nitrogens is 3. The number of rotatable bonds is 7. The fourth-order valence-electron chi connectivity index (χ4n) is 3.61. The summed E-state index contributed by atoms with van der Waals surface area (Å²) >= 11 is 5.62. The quantitative estimate of drug-likeness (QED) is 0.680. The Labute approximate surface area is 184 Å². The third-order valence-electron chi connectivity index (χ3n) is 6.05. The zero-order chi connectivity index (χ0) is 21.8. The van der Waals surface area contributed by atoms with Gasteiger partial charge in [0.25, 0.3) is 0 Å². The Bertz CT molecular complexity index is 911. The number of piperidine rings is 1. The number of nitrogens with one attached hydrogen (secondary N) is 1. The lowest BCUT2D eigenvalue weighted by Crippen LogP contribution is -2.44. The van der Waals surface area contributed by atoms with Crippen LogP contribution in [0.5, 0.6) is 5.75 Å². The van der Waals surface area contributed by atoms with Crippen molar-refractivity contribution in [3.8, 4) is 17.1 Å². The Morgan fingerprint density at radius 3 is 2.43 bits per heavy atom. The molecule has 3 rings (SSSR count). The lowest BCUT2D eigenvalue weighted by molar-refractivity contribution is -0.127. The van der Waals surface area contributed by atoms with E-state index < -0.39 is 0 Å². The van der Waals surface area contributed by atoms with Gasteiger partial charge in [0.1, 0.15) is 5.75 Å². The highest BCUT2D eigenvalue weighted by Crippen LogP contribution is 2.22. The van der Waals surface area contributed by atoms with Gasteiger partial charge in [-0.05, 0) is 62.2 Å². The zero-order valence-corrected chi connectivity index (χ0v) is 19.4. The van der Waals surface area contributed by atoms with Crippen LogP contribution in [0.2, 0.25) is 0 Å². The molecule has 0 spiro atoms. The molecule has 1 aromatic carbocycles. The van der Waals surface area contributed by atoms with E-state index in [9.17, 15) is 4.79 Å². The predicted molar refractivity (Wildman–Crippen MR) is 121 cm³/mol. The maximum Gasteiger partial charge on any atom is 0.223 e. The molecule has 1 amide bonds. The largest absolute Gasteiger partial charge is 0.497 e. The Morgan fingerprint density at radius 1 is 1.23 bits per heavy atom. The molecule has 30 heavy (non-hydrogen) atoms. The van der Waals surface area contributed by atoms with Gasteiger partial charge >= 0.3 is 0 Å². The van der Waals surface area contributed by atoms with Crippen molar-refractivity contribution in [3.05, 3.63) is 29.0 Å². The SMILES string of the molecule is COc1ccc(-c2nn(CN3CCC(C(=O)NC(C)C(C)C)CC3)c(=S)n2C)cc1. The van der Waals surface area contributed by atoms with Crippen LogP contribution < -0.4 is 10.1 Å². The summed E-state index contributed by atoms with van der Waals surface area (Å²) in [5, 5.41) is 7.91. The van der Waals surface area contributed by atoms with Crippen molar-refractivity contribution >= 4 is 18.1 Å². The summed E-state index contributed by atoms with van der Waals surface area (Å²) in [5.74, 6) is 2.37. The smallest absolute Gasteiger partial charge is 0.223 e. The van der Waals surface area contributed by atoms with Crippen molar-refractivity contribution in [1.82, 2.24) is 24.6 Å². The number of carbonyl (C=O) groups excluding carboxylic acids is 1. The molecule has 0 radical (unpaired) electrons. The highest BCUT2D eigenvalue weighted by molar-refractivity contribution is 7.71. The van der Waals surface area contributed by atoms with E-state index in [-0.39, 0.29) is 17.9 Å². The van der Waals surface area contributed by atoms with Crippen LogP contribution in [0.1, 0.15) is 33.6 Å². The molecule has 1 saturated heterocycles. The van der Waals surface area contributed by atoms with Crippen LogP contribution in [0.25, 0.3) is 11.4 Å². The molecular weight excluding hydrogens is 398 g/mol. The van der Waals surface area contributed by atoms with Crippen molar-refractivity contribution in [2.75, 3.05) is 20.2 Å². The van der Waals surface area contributed by atoms with Gasteiger partial charge in [-0.3, -0.25) is 9.69 Å². The topological polar surface area (TPSA) is 64.3 Å². The highest BCUT2D eigenvalue weighted by Gasteiger charge is 2.26. The molecule has 2 heterocycles. The van der Waals surface area contributed by atoms with Crippen LogP contribution in [0, 0.1) is 16.6 Å². The van der Waals surface area contributed by atoms with Crippen molar-refractivity contribution < 1.29 is 9.53 Å². The summed E-state index contributed by atoms with van der Waals surface area (Å²) in [5.41, 5.74) is 0.998. The summed E-state index contributed by atoms with van der Waals surface area (Å²) < 4.78 is 9.73. The number of likely N-dealkylation sites (tertiary alicyclic amines) is 1. The summed E-state index contributed by atoms with van der Waals surface area (Å²) in [4.78, 5) is 14.8. The number of amides is 1. The Kier molecular flexibility index (Phi) is 7.31. The summed E-state index contributed by atoms with van der Waals surface area (Å²) in [6, 6.07) is 8.03. The van der Waals surface area contributed by atoms with E-state index in [1.807, 2.05) is 40.6 Å². The van der Waals surface area contributed by atoms with Crippen LogP contribution in [-0.4, -0.2) is 51.4 Å². The molecule has 164 valence electrons. The fraction of sp³-hybridized carbons (Fsp3) is 0.591. The second kappa shape index (κ2) is 9.75. The van der Waals surface area contributed by atoms with Gasteiger partial charge in [0, 0.05) is 37.7 Å². The standard InChI is InChI=1S/C22H33N5O2S/c1-15(2)16(3)23-21(28)18-10-12-26(13-11-18)14-27-22(30)25(4)20(24-27)17-6-8-19(29-5)9-7-17/h6-9,15-16,18H,10-14H2,1-5H3,(H,23,28). The summed E-state index contributed by atoms with van der Waals surface area (Å²) in [7, 11) is 3.60. The van der Waals surface area contributed by atoms with E-state index in [1.165, 1.54) is 0 Å². The molecule has 0 aliphatic carbocycles. The molecule has 0 saturated carbocycles. The molecule has 1 unspecified atom stereocenters. The van der Waals surface area contributed by atoms with Gasteiger partial charge in [0.05, 0.1) is 13.8 Å². The minimum Gasteiger partial charge on any atom is -0.497 e. The van der Waals surface area contributed by atoms with Crippen LogP contribution in [0.3, 0.4) is 0 Å². The van der Waals surface area contributed by atoms with E-state index in [4.69, 9.17) is 22.1 Å². The lowest BCUT2D eigenvalue weighted by Gasteiger charge is -2.31. The molecule has 1 aliphatic heterocycles. The zero-order valence-electron chi connectivity index (χ0n) is 18.6. The molecule has 7 nitrogen and oxygen atoms in total. The predicted octanol–water partition coefficient (Wildman–Crippen LogP) is 3.46. The van der Waals surface area contributed by atoms with E-state index >= 15 is 0 Å².